The molecule has 8 nitrogen and oxygen atoms in total. The molecule has 0 radical (unpaired) electrons. The minimum atomic E-state index is -1.21. The molecule has 3 atom stereocenters. The lowest BCUT2D eigenvalue weighted by Crippen LogP contribution is -2.53. The van der Waals surface area contributed by atoms with Gasteiger partial charge in [0, 0.05) is 30.4 Å². The van der Waals surface area contributed by atoms with Crippen LogP contribution in [0.25, 0.3) is 0 Å². The molecular formula is C20H24FN5O3S. The van der Waals surface area contributed by atoms with Crippen LogP contribution in [0.2, 0.25) is 0 Å². The third kappa shape index (κ3) is 4.06. The number of carbonyl (C=O) groups is 1. The van der Waals surface area contributed by atoms with Gasteiger partial charge in [-0.1, -0.05) is 17.8 Å². The van der Waals surface area contributed by atoms with Crippen LogP contribution in [0.1, 0.15) is 30.3 Å². The third-order valence-corrected chi connectivity index (χ3v) is 6.41. The number of nitrogens with one attached hydrogen (secondary N) is 1. The smallest absolute Gasteiger partial charge is 0.275 e. The topological polar surface area (TPSA) is 112 Å². The van der Waals surface area contributed by atoms with Crippen LogP contribution in [0.15, 0.2) is 40.8 Å². The molecule has 1 unspecified atom stereocenters. The molecule has 0 aromatic carbocycles. The van der Waals surface area contributed by atoms with Gasteiger partial charge in [0.1, 0.15) is 17.4 Å². The van der Waals surface area contributed by atoms with Crippen LogP contribution in [0.5, 0.6) is 5.88 Å². The lowest BCUT2D eigenvalue weighted by atomic mass is 9.73. The number of aromatic nitrogens is 2. The number of allylic oxidation sites excluding steroid dienone is 2. The van der Waals surface area contributed by atoms with Crippen LogP contribution < -0.4 is 15.8 Å². The highest BCUT2D eigenvalue weighted by molar-refractivity contribution is 8.13. The summed E-state index contributed by atoms with van der Waals surface area (Å²) in [5.41, 5.74) is 6.33. The molecule has 0 spiro atoms. The number of halogens is 1. The Morgan fingerprint density at radius 1 is 1.47 bits per heavy atom. The van der Waals surface area contributed by atoms with Crippen molar-refractivity contribution in [3.63, 3.8) is 0 Å². The Kier molecular flexibility index (Phi) is 6.05. The van der Waals surface area contributed by atoms with E-state index in [0.717, 1.165) is 12.2 Å². The standard InChI is InChI=1S/C20H24FN5O3S/c1-2-29-17-9-23-16(8-24-17)18(27)25-13-3-4-15(21)14(7-13)20-11-28-6-5-12(20)10-30-19(22)26-20/h3,7-9,12,15H,2,4-6,10-11H2,1H3,(H2,22,26)(H,25,27)/t12-,15?,20-/m0/s1. The number of carbonyl (C=O) groups excluding carboxylic acids is 1. The Balaban J connectivity index is 1.57. The highest BCUT2D eigenvalue weighted by Gasteiger charge is 2.49. The van der Waals surface area contributed by atoms with E-state index >= 15 is 4.39 Å². The molecule has 1 amide bonds. The number of amides is 1. The third-order valence-electron chi connectivity index (χ3n) is 5.45. The van der Waals surface area contributed by atoms with Crippen LogP contribution in [0.3, 0.4) is 0 Å². The van der Waals surface area contributed by atoms with Gasteiger partial charge in [-0.3, -0.25) is 4.79 Å². The zero-order valence-electron chi connectivity index (χ0n) is 16.6. The normalized spacial score (nSPS) is 28.5. The highest BCUT2D eigenvalue weighted by atomic mass is 32.2. The van der Waals surface area contributed by atoms with Crippen molar-refractivity contribution >= 4 is 22.8 Å². The second-order valence-electron chi connectivity index (χ2n) is 7.31. The number of amidine groups is 1. The second kappa shape index (κ2) is 8.73. The van der Waals surface area contributed by atoms with Crippen molar-refractivity contribution in [3.8, 4) is 5.88 Å². The molecule has 2 aliphatic heterocycles. The summed E-state index contributed by atoms with van der Waals surface area (Å²) in [6.07, 6.45) is 5.80. The largest absolute Gasteiger partial charge is 0.477 e. The Morgan fingerprint density at radius 2 is 2.33 bits per heavy atom. The molecule has 1 aliphatic carbocycles. The molecule has 3 N–H and O–H groups in total. The molecule has 4 rings (SSSR count). The number of thioether (sulfide) groups is 1. The van der Waals surface area contributed by atoms with Gasteiger partial charge in [-0.25, -0.2) is 19.4 Å². The molecule has 160 valence electrons. The number of nitrogens with two attached hydrogens (primary N) is 1. The minimum absolute atomic E-state index is 0.139. The van der Waals surface area contributed by atoms with Crippen molar-refractivity contribution < 1.29 is 18.7 Å². The fraction of sp³-hybridized carbons (Fsp3) is 0.500. The molecule has 0 saturated carbocycles. The van der Waals surface area contributed by atoms with E-state index in [-0.39, 0.29) is 24.6 Å². The van der Waals surface area contributed by atoms with E-state index < -0.39 is 17.6 Å². The lowest BCUT2D eigenvalue weighted by molar-refractivity contribution is 0.0168. The Labute approximate surface area is 178 Å². The SMILES string of the molecule is CCOc1cnc(C(=O)NC2=CCC(F)C([C@]34COCC[C@H]3CSC(N)=N4)=C2)cn1. The molecule has 1 aromatic rings. The summed E-state index contributed by atoms with van der Waals surface area (Å²) in [4.78, 5) is 25.4. The quantitative estimate of drug-likeness (QED) is 0.730. The van der Waals surface area contributed by atoms with Gasteiger partial charge in [0.25, 0.3) is 5.91 Å². The van der Waals surface area contributed by atoms with Gasteiger partial charge in [0.05, 0.1) is 25.6 Å². The molecule has 10 heteroatoms. The predicted octanol–water partition coefficient (Wildman–Crippen LogP) is 1.99. The van der Waals surface area contributed by atoms with Crippen LogP contribution in [-0.4, -0.2) is 58.3 Å². The maximum atomic E-state index is 15.0. The predicted molar refractivity (Wildman–Crippen MR) is 112 cm³/mol. The number of aliphatic imine (C=N–C) groups is 1. The number of fused-ring (bicyclic) bond motifs is 1. The monoisotopic (exact) mass is 433 g/mol. The summed E-state index contributed by atoms with van der Waals surface area (Å²) in [5.74, 6) is 0.832. The maximum Gasteiger partial charge on any atom is 0.275 e. The summed E-state index contributed by atoms with van der Waals surface area (Å²) >= 11 is 1.49. The van der Waals surface area contributed by atoms with Crippen LogP contribution in [-0.2, 0) is 4.74 Å². The first kappa shape index (κ1) is 20.8. The molecule has 3 heterocycles. The highest BCUT2D eigenvalue weighted by Crippen LogP contribution is 2.45. The minimum Gasteiger partial charge on any atom is -0.477 e. The average molecular weight is 434 g/mol. The van der Waals surface area contributed by atoms with Crippen molar-refractivity contribution in [3.05, 3.63) is 41.5 Å². The summed E-state index contributed by atoms with van der Waals surface area (Å²) in [6.45, 7) is 3.21. The van der Waals surface area contributed by atoms with E-state index in [4.69, 9.17) is 15.2 Å². The molecule has 1 fully saturated rings. The van der Waals surface area contributed by atoms with E-state index in [9.17, 15) is 4.79 Å². The molecular weight excluding hydrogens is 409 g/mol. The fourth-order valence-electron chi connectivity index (χ4n) is 3.96. The number of alkyl halides is 1. The molecule has 1 saturated heterocycles. The number of hydrogen-bond acceptors (Lipinski definition) is 8. The van der Waals surface area contributed by atoms with Crippen LogP contribution >= 0.6 is 11.8 Å². The molecule has 0 bridgehead atoms. The van der Waals surface area contributed by atoms with E-state index in [1.165, 1.54) is 24.2 Å². The zero-order chi connectivity index (χ0) is 21.1. The van der Waals surface area contributed by atoms with E-state index in [1.54, 1.807) is 12.2 Å². The van der Waals surface area contributed by atoms with Crippen molar-refractivity contribution in [2.24, 2.45) is 16.6 Å². The Bertz CT molecular complexity index is 904. The van der Waals surface area contributed by atoms with Crippen molar-refractivity contribution in [2.45, 2.75) is 31.5 Å². The molecule has 3 aliphatic rings. The first-order valence-corrected chi connectivity index (χ1v) is 10.9. The van der Waals surface area contributed by atoms with Gasteiger partial charge in [-0.05, 0) is 25.0 Å². The number of hydrogen-bond donors (Lipinski definition) is 2. The second-order valence-corrected chi connectivity index (χ2v) is 8.35. The summed E-state index contributed by atoms with van der Waals surface area (Å²) in [7, 11) is 0. The summed E-state index contributed by atoms with van der Waals surface area (Å²) in [5, 5.41) is 3.23. The van der Waals surface area contributed by atoms with E-state index in [0.29, 0.717) is 35.5 Å². The maximum absolute atomic E-state index is 15.0. The van der Waals surface area contributed by atoms with E-state index in [1.807, 2.05) is 6.92 Å². The van der Waals surface area contributed by atoms with Crippen LogP contribution in [0.4, 0.5) is 4.39 Å². The van der Waals surface area contributed by atoms with Crippen molar-refractivity contribution in [1.82, 2.24) is 15.3 Å². The Hall–Kier alpha value is -2.46. The van der Waals surface area contributed by atoms with Gasteiger partial charge in [0.15, 0.2) is 5.17 Å². The lowest BCUT2D eigenvalue weighted by Gasteiger charge is -2.46. The first-order chi connectivity index (χ1) is 14.5. The first-order valence-electron chi connectivity index (χ1n) is 9.90. The number of ether oxygens (including phenoxy) is 2. The number of rotatable bonds is 5. The van der Waals surface area contributed by atoms with Gasteiger partial charge < -0.3 is 20.5 Å². The van der Waals surface area contributed by atoms with Crippen molar-refractivity contribution in [1.29, 1.82) is 0 Å². The molecule has 1 aromatic heterocycles. The number of nitrogens with zero attached hydrogens (tertiary/aromatic N) is 3. The van der Waals surface area contributed by atoms with Gasteiger partial charge >= 0.3 is 0 Å². The van der Waals surface area contributed by atoms with Gasteiger partial charge in [-0.2, -0.15) is 0 Å². The summed E-state index contributed by atoms with van der Waals surface area (Å²) < 4.78 is 26.0. The van der Waals surface area contributed by atoms with Crippen molar-refractivity contribution in [2.75, 3.05) is 25.6 Å². The molecule has 30 heavy (non-hydrogen) atoms. The van der Waals surface area contributed by atoms with Gasteiger partial charge in [-0.15, -0.1) is 0 Å². The average Bonchev–Trinajstić information content (AvgIpc) is 2.75. The zero-order valence-corrected chi connectivity index (χ0v) is 17.5. The van der Waals surface area contributed by atoms with Gasteiger partial charge in [0.2, 0.25) is 5.88 Å². The van der Waals surface area contributed by atoms with E-state index in [2.05, 4.69) is 20.3 Å². The summed E-state index contributed by atoms with van der Waals surface area (Å²) in [6, 6.07) is 0. The van der Waals surface area contributed by atoms with Crippen LogP contribution in [0, 0.1) is 5.92 Å². The fourth-order valence-corrected chi connectivity index (χ4v) is 5.00. The Morgan fingerprint density at radius 3 is 3.10 bits per heavy atom.